The zero-order valence-electron chi connectivity index (χ0n) is 7.29. The van der Waals surface area contributed by atoms with Crippen LogP contribution >= 0.6 is 28.3 Å². The number of hydrogen-bond acceptors (Lipinski definition) is 1. The molecule has 1 aliphatic heterocycles. The van der Waals surface area contributed by atoms with Crippen molar-refractivity contribution in [3.05, 3.63) is 34.3 Å². The molecule has 0 spiro atoms. The summed E-state index contributed by atoms with van der Waals surface area (Å²) >= 11 is 3.57. The smallest absolute Gasteiger partial charge is 0.0331 e. The highest BCUT2D eigenvalue weighted by Crippen LogP contribution is 2.28. The Hall–Kier alpha value is -0.0500. The third-order valence-corrected chi connectivity index (χ3v) is 3.06. The zero-order valence-corrected chi connectivity index (χ0v) is 9.70. The SMILES string of the molecule is Brc1ccccc1C1CCCN1.Cl. The zero-order chi connectivity index (χ0) is 8.39. The van der Waals surface area contributed by atoms with Crippen LogP contribution in [0.3, 0.4) is 0 Å². The Labute approximate surface area is 93.5 Å². The molecular weight excluding hydrogens is 249 g/mol. The number of hydrogen-bond donors (Lipinski definition) is 1. The third kappa shape index (κ3) is 2.46. The standard InChI is InChI=1S/C10H12BrN.ClH/c11-9-5-2-1-4-8(9)10-6-3-7-12-10;/h1-2,4-5,10,12H,3,6-7H2;1H. The van der Waals surface area contributed by atoms with Gasteiger partial charge in [0, 0.05) is 10.5 Å². The molecule has 3 heteroatoms. The Balaban J connectivity index is 0.000000845. The largest absolute Gasteiger partial charge is 0.310 e. The minimum Gasteiger partial charge on any atom is -0.310 e. The Morgan fingerprint density at radius 3 is 2.69 bits per heavy atom. The number of halogens is 2. The summed E-state index contributed by atoms with van der Waals surface area (Å²) in [7, 11) is 0. The molecule has 1 aliphatic rings. The van der Waals surface area contributed by atoms with Crippen molar-refractivity contribution in [2.45, 2.75) is 18.9 Å². The lowest BCUT2D eigenvalue weighted by molar-refractivity contribution is 0.645. The van der Waals surface area contributed by atoms with E-state index in [0.717, 1.165) is 6.54 Å². The number of benzene rings is 1. The molecule has 1 aromatic rings. The van der Waals surface area contributed by atoms with Crippen molar-refractivity contribution in [2.75, 3.05) is 6.54 Å². The van der Waals surface area contributed by atoms with E-state index in [1.165, 1.54) is 22.9 Å². The molecule has 1 atom stereocenters. The van der Waals surface area contributed by atoms with Gasteiger partial charge in [-0.25, -0.2) is 0 Å². The van der Waals surface area contributed by atoms with Crippen LogP contribution in [0.25, 0.3) is 0 Å². The number of rotatable bonds is 1. The van der Waals surface area contributed by atoms with Gasteiger partial charge in [0.1, 0.15) is 0 Å². The quantitative estimate of drug-likeness (QED) is 0.819. The molecule has 1 heterocycles. The van der Waals surface area contributed by atoms with Crippen molar-refractivity contribution in [3.63, 3.8) is 0 Å². The van der Waals surface area contributed by atoms with Crippen LogP contribution in [0.15, 0.2) is 28.7 Å². The van der Waals surface area contributed by atoms with Gasteiger partial charge in [0.25, 0.3) is 0 Å². The van der Waals surface area contributed by atoms with Crippen LogP contribution in [0.4, 0.5) is 0 Å². The van der Waals surface area contributed by atoms with E-state index in [4.69, 9.17) is 0 Å². The first-order chi connectivity index (χ1) is 5.88. The van der Waals surface area contributed by atoms with Crippen molar-refractivity contribution < 1.29 is 0 Å². The minimum atomic E-state index is 0. The van der Waals surface area contributed by atoms with Crippen molar-refractivity contribution in [2.24, 2.45) is 0 Å². The molecule has 0 amide bonds. The highest BCUT2D eigenvalue weighted by molar-refractivity contribution is 9.10. The second-order valence-electron chi connectivity index (χ2n) is 3.17. The highest BCUT2D eigenvalue weighted by atomic mass is 79.9. The Morgan fingerprint density at radius 1 is 1.31 bits per heavy atom. The average molecular weight is 263 g/mol. The second-order valence-corrected chi connectivity index (χ2v) is 4.02. The average Bonchev–Trinajstić information content (AvgIpc) is 2.57. The van der Waals surface area contributed by atoms with E-state index in [9.17, 15) is 0 Å². The molecule has 1 unspecified atom stereocenters. The molecule has 0 aliphatic carbocycles. The van der Waals surface area contributed by atoms with Gasteiger partial charge in [0.2, 0.25) is 0 Å². The van der Waals surface area contributed by atoms with Crippen LogP contribution in [0.5, 0.6) is 0 Å². The Bertz CT molecular complexity index is 271. The molecular formula is C10H13BrClN. The van der Waals surface area contributed by atoms with E-state index < -0.39 is 0 Å². The van der Waals surface area contributed by atoms with Crippen LogP contribution in [0.1, 0.15) is 24.4 Å². The van der Waals surface area contributed by atoms with Gasteiger partial charge in [-0.2, -0.15) is 0 Å². The molecule has 1 nitrogen and oxygen atoms in total. The maximum Gasteiger partial charge on any atom is 0.0331 e. The first-order valence-corrected chi connectivity index (χ1v) is 5.15. The normalized spacial score (nSPS) is 21.2. The first kappa shape index (κ1) is 11.0. The Morgan fingerprint density at radius 2 is 2.08 bits per heavy atom. The summed E-state index contributed by atoms with van der Waals surface area (Å²) in [6, 6.07) is 9.02. The predicted octanol–water partition coefficient (Wildman–Crippen LogP) is 3.30. The molecule has 1 fully saturated rings. The fourth-order valence-corrected chi connectivity index (χ4v) is 2.27. The van der Waals surface area contributed by atoms with E-state index in [1.54, 1.807) is 0 Å². The lowest BCUT2D eigenvalue weighted by Crippen LogP contribution is -2.13. The van der Waals surface area contributed by atoms with Gasteiger partial charge in [-0.15, -0.1) is 12.4 Å². The Kier molecular flexibility index (Phi) is 4.23. The van der Waals surface area contributed by atoms with Crippen molar-refractivity contribution in [3.8, 4) is 0 Å². The number of nitrogens with one attached hydrogen (secondary N) is 1. The fourth-order valence-electron chi connectivity index (χ4n) is 1.71. The van der Waals surface area contributed by atoms with Crippen molar-refractivity contribution >= 4 is 28.3 Å². The van der Waals surface area contributed by atoms with Gasteiger partial charge >= 0.3 is 0 Å². The predicted molar refractivity (Wildman–Crippen MR) is 61.4 cm³/mol. The lowest BCUT2D eigenvalue weighted by atomic mass is 10.1. The second kappa shape index (κ2) is 4.99. The van der Waals surface area contributed by atoms with Crippen LogP contribution in [0.2, 0.25) is 0 Å². The van der Waals surface area contributed by atoms with Crippen LogP contribution in [-0.2, 0) is 0 Å². The highest BCUT2D eigenvalue weighted by Gasteiger charge is 2.17. The van der Waals surface area contributed by atoms with Gasteiger partial charge in [-0.1, -0.05) is 34.1 Å². The monoisotopic (exact) mass is 261 g/mol. The molecule has 0 aromatic heterocycles. The van der Waals surface area contributed by atoms with E-state index in [-0.39, 0.29) is 12.4 Å². The molecule has 2 rings (SSSR count). The molecule has 0 bridgehead atoms. The molecule has 0 radical (unpaired) electrons. The van der Waals surface area contributed by atoms with Gasteiger partial charge in [-0.05, 0) is 31.0 Å². The summed E-state index contributed by atoms with van der Waals surface area (Å²) in [6.45, 7) is 1.16. The first-order valence-electron chi connectivity index (χ1n) is 4.36. The summed E-state index contributed by atoms with van der Waals surface area (Å²) < 4.78 is 1.23. The lowest BCUT2D eigenvalue weighted by Gasteiger charge is -2.11. The van der Waals surface area contributed by atoms with Crippen LogP contribution in [0, 0.1) is 0 Å². The van der Waals surface area contributed by atoms with Gasteiger partial charge in [0.05, 0.1) is 0 Å². The van der Waals surface area contributed by atoms with Crippen LogP contribution in [-0.4, -0.2) is 6.54 Å². The van der Waals surface area contributed by atoms with Crippen molar-refractivity contribution in [1.29, 1.82) is 0 Å². The molecule has 0 saturated carbocycles. The maximum atomic E-state index is 3.57. The summed E-state index contributed by atoms with van der Waals surface area (Å²) in [4.78, 5) is 0. The summed E-state index contributed by atoms with van der Waals surface area (Å²) in [5, 5.41) is 3.48. The van der Waals surface area contributed by atoms with E-state index in [1.807, 2.05) is 0 Å². The van der Waals surface area contributed by atoms with Gasteiger partial charge in [-0.3, -0.25) is 0 Å². The van der Waals surface area contributed by atoms with E-state index >= 15 is 0 Å². The topological polar surface area (TPSA) is 12.0 Å². The fraction of sp³-hybridized carbons (Fsp3) is 0.400. The molecule has 72 valence electrons. The third-order valence-electron chi connectivity index (χ3n) is 2.34. The van der Waals surface area contributed by atoms with Crippen molar-refractivity contribution in [1.82, 2.24) is 5.32 Å². The summed E-state index contributed by atoms with van der Waals surface area (Å²) in [6.07, 6.45) is 2.56. The maximum absolute atomic E-state index is 3.57. The summed E-state index contributed by atoms with van der Waals surface area (Å²) in [5.41, 5.74) is 1.40. The molecule has 1 N–H and O–H groups in total. The summed E-state index contributed by atoms with van der Waals surface area (Å²) in [5.74, 6) is 0. The van der Waals surface area contributed by atoms with E-state index in [0.29, 0.717) is 6.04 Å². The van der Waals surface area contributed by atoms with Crippen LogP contribution < -0.4 is 5.32 Å². The molecule has 13 heavy (non-hydrogen) atoms. The van der Waals surface area contributed by atoms with Gasteiger partial charge in [0.15, 0.2) is 0 Å². The van der Waals surface area contributed by atoms with E-state index in [2.05, 4.69) is 45.5 Å². The molecule has 1 aromatic carbocycles. The van der Waals surface area contributed by atoms with Gasteiger partial charge < -0.3 is 5.32 Å². The minimum absolute atomic E-state index is 0. The molecule has 1 saturated heterocycles.